The normalized spacial score (nSPS) is 0. The molecule has 0 spiro atoms. The van der Waals surface area contributed by atoms with Crippen LogP contribution in [0.25, 0.3) is 0 Å². The summed E-state index contributed by atoms with van der Waals surface area (Å²) in [6, 6.07) is 0. The van der Waals surface area contributed by atoms with Gasteiger partial charge in [0.25, 0.3) is 0 Å². The Bertz CT molecular complexity index is 8.00. The first-order valence-corrected chi connectivity index (χ1v) is 0. The van der Waals surface area contributed by atoms with Crippen molar-refractivity contribution in [3.8, 4) is 0 Å². The van der Waals surface area contributed by atoms with Crippen molar-refractivity contribution in [3.05, 3.63) is 0 Å². The third kappa shape index (κ3) is 9.11. The molecule has 0 fully saturated rings. The summed E-state index contributed by atoms with van der Waals surface area (Å²) >= 11 is 0. The molecular weight excluding hydrogens is 140 g/mol. The van der Waals surface area contributed by atoms with Gasteiger partial charge in [0.1, 0.15) is 0 Å². The summed E-state index contributed by atoms with van der Waals surface area (Å²) in [5.41, 5.74) is 0. The van der Waals surface area contributed by atoms with E-state index in [0.717, 1.165) is 0 Å². The predicted molar refractivity (Wildman–Crippen MR) is 0.686 cm³/mol. The van der Waals surface area contributed by atoms with Crippen molar-refractivity contribution in [2.75, 3.05) is 0 Å². The average Bonchev–Trinajstić information content (AvgIpc) is 0. The SMILES string of the molecule is [Cl-].[Na+].[O-2].[Zn+2]. The topological polar surface area (TPSA) is 28.5 Å². The molecule has 0 saturated carbocycles. The number of hydrogen-bond acceptors (Lipinski definition) is 0. The predicted octanol–water partition coefficient (Wildman–Crippen LogP) is -6.11. The van der Waals surface area contributed by atoms with E-state index in [0.29, 0.717) is 0 Å². The van der Waals surface area contributed by atoms with E-state index < -0.39 is 0 Å². The molecular formula is ClNaOZn. The van der Waals surface area contributed by atoms with Crippen molar-refractivity contribution in [2.45, 2.75) is 0 Å². The maximum atomic E-state index is 0. The van der Waals surface area contributed by atoms with Gasteiger partial charge >= 0.3 is 49.0 Å². The Labute approximate surface area is 66.3 Å². The molecule has 0 N–H and O–H groups in total. The van der Waals surface area contributed by atoms with Crippen LogP contribution in [0.3, 0.4) is 0 Å². The van der Waals surface area contributed by atoms with Gasteiger partial charge in [0.05, 0.1) is 0 Å². The summed E-state index contributed by atoms with van der Waals surface area (Å²) in [6.07, 6.45) is 0. The van der Waals surface area contributed by atoms with Crippen LogP contribution in [0.15, 0.2) is 0 Å². The Hall–Kier alpha value is 1.87. The largest absolute Gasteiger partial charge is 2.00 e. The van der Waals surface area contributed by atoms with Crippen molar-refractivity contribution in [3.63, 3.8) is 0 Å². The van der Waals surface area contributed by atoms with Gasteiger partial charge in [-0.05, 0) is 0 Å². The molecule has 0 aliphatic carbocycles. The van der Waals surface area contributed by atoms with E-state index in [1.165, 1.54) is 0 Å². The molecule has 16 valence electrons. The van der Waals surface area contributed by atoms with E-state index >= 15 is 0 Å². The molecule has 0 aromatic rings. The number of hydrogen-bond donors (Lipinski definition) is 0. The second kappa shape index (κ2) is 20.8. The van der Waals surface area contributed by atoms with Crippen molar-refractivity contribution < 1.29 is 66.9 Å². The zero-order valence-electron chi connectivity index (χ0n) is 2.49. The van der Waals surface area contributed by atoms with Crippen LogP contribution >= 0.6 is 0 Å². The Balaban J connectivity index is 0. The maximum absolute atomic E-state index is 0. The molecule has 0 radical (unpaired) electrons. The van der Waals surface area contributed by atoms with E-state index in [1.807, 2.05) is 0 Å². The van der Waals surface area contributed by atoms with Crippen LogP contribution in [-0.4, -0.2) is 0 Å². The van der Waals surface area contributed by atoms with Gasteiger partial charge in [-0.15, -0.1) is 0 Å². The summed E-state index contributed by atoms with van der Waals surface area (Å²) in [4.78, 5) is 0. The second-order valence-electron chi connectivity index (χ2n) is 0. The van der Waals surface area contributed by atoms with Crippen molar-refractivity contribution >= 4 is 0 Å². The maximum Gasteiger partial charge on any atom is 2.00 e. The zero-order chi connectivity index (χ0) is 0. The minimum Gasteiger partial charge on any atom is -2.00 e. The Morgan fingerprint density at radius 3 is 1.00 bits per heavy atom. The first-order valence-electron chi connectivity index (χ1n) is 0. The van der Waals surface area contributed by atoms with Crippen molar-refractivity contribution in [1.82, 2.24) is 0 Å². The van der Waals surface area contributed by atoms with Crippen molar-refractivity contribution in [1.29, 1.82) is 0 Å². The molecule has 0 unspecified atom stereocenters. The average molecular weight is 140 g/mol. The van der Waals surface area contributed by atoms with Gasteiger partial charge in [-0.25, -0.2) is 0 Å². The van der Waals surface area contributed by atoms with Crippen LogP contribution in [0, 0.1) is 0 Å². The van der Waals surface area contributed by atoms with Gasteiger partial charge in [0, 0.05) is 0 Å². The van der Waals surface area contributed by atoms with E-state index in [9.17, 15) is 0 Å². The van der Waals surface area contributed by atoms with Crippen LogP contribution in [0.4, 0.5) is 0 Å². The minimum atomic E-state index is 0. The molecule has 0 atom stereocenters. The summed E-state index contributed by atoms with van der Waals surface area (Å²) in [5, 5.41) is 0. The van der Waals surface area contributed by atoms with Gasteiger partial charge in [0.15, 0.2) is 0 Å². The standard InChI is InChI=1S/ClH.Na.O.Zn/h1H;;;/q;+1;-2;+2/p-1. The van der Waals surface area contributed by atoms with E-state index in [1.54, 1.807) is 0 Å². The fourth-order valence-electron chi connectivity index (χ4n) is 0. The first kappa shape index (κ1) is 39.7. The minimum absolute atomic E-state index is 0. The Kier molecular flexibility index (Phi) is 207. The summed E-state index contributed by atoms with van der Waals surface area (Å²) in [6.45, 7) is 0. The van der Waals surface area contributed by atoms with Gasteiger partial charge < -0.3 is 17.9 Å². The summed E-state index contributed by atoms with van der Waals surface area (Å²) in [7, 11) is 0. The Morgan fingerprint density at radius 2 is 1.00 bits per heavy atom. The molecule has 0 heterocycles. The second-order valence-corrected chi connectivity index (χ2v) is 0. The molecule has 0 aromatic heterocycles. The van der Waals surface area contributed by atoms with Crippen LogP contribution in [0.2, 0.25) is 0 Å². The molecule has 0 saturated heterocycles. The van der Waals surface area contributed by atoms with Crippen LogP contribution in [-0.2, 0) is 25.0 Å². The molecule has 4 heavy (non-hydrogen) atoms. The van der Waals surface area contributed by atoms with Crippen LogP contribution in [0.1, 0.15) is 0 Å². The monoisotopic (exact) mass is 138 g/mol. The molecule has 0 amide bonds. The third-order valence-electron chi connectivity index (χ3n) is 0. The van der Waals surface area contributed by atoms with Gasteiger partial charge in [-0.1, -0.05) is 0 Å². The van der Waals surface area contributed by atoms with Crippen LogP contribution < -0.4 is 42.0 Å². The fourth-order valence-corrected chi connectivity index (χ4v) is 0. The summed E-state index contributed by atoms with van der Waals surface area (Å²) in [5.74, 6) is 0. The Morgan fingerprint density at radius 1 is 1.00 bits per heavy atom. The molecule has 0 aliphatic rings. The molecule has 0 aromatic carbocycles. The van der Waals surface area contributed by atoms with Gasteiger partial charge in [-0.3, -0.25) is 0 Å². The van der Waals surface area contributed by atoms with E-state index in [-0.39, 0.29) is 66.9 Å². The molecule has 0 rings (SSSR count). The number of rotatable bonds is 0. The van der Waals surface area contributed by atoms with E-state index in [2.05, 4.69) is 0 Å². The first-order chi connectivity index (χ1) is 0. The fraction of sp³-hybridized carbons (Fsp3) is 0. The zero-order valence-corrected chi connectivity index (χ0v) is 8.22. The number of halogens is 1. The van der Waals surface area contributed by atoms with Gasteiger partial charge in [0.2, 0.25) is 0 Å². The van der Waals surface area contributed by atoms with Gasteiger partial charge in [-0.2, -0.15) is 0 Å². The van der Waals surface area contributed by atoms with Crippen molar-refractivity contribution in [2.24, 2.45) is 0 Å². The molecule has 0 bridgehead atoms. The molecule has 0 aliphatic heterocycles. The third-order valence-corrected chi connectivity index (χ3v) is 0. The quantitative estimate of drug-likeness (QED) is 0.299. The smallest absolute Gasteiger partial charge is 2.00 e. The van der Waals surface area contributed by atoms with E-state index in [4.69, 9.17) is 0 Å². The molecule has 1 nitrogen and oxygen atoms in total. The summed E-state index contributed by atoms with van der Waals surface area (Å²) < 4.78 is 0. The molecule has 4 heteroatoms. The van der Waals surface area contributed by atoms with Crippen LogP contribution in [0.5, 0.6) is 0 Å².